The van der Waals surface area contributed by atoms with Crippen LogP contribution in [0, 0.1) is 11.7 Å². The second-order valence-corrected chi connectivity index (χ2v) is 4.36. The van der Waals surface area contributed by atoms with Gasteiger partial charge in [0.05, 0.1) is 19.8 Å². The van der Waals surface area contributed by atoms with Crippen LogP contribution in [0.5, 0.6) is 0 Å². The first kappa shape index (κ1) is 13.9. The summed E-state index contributed by atoms with van der Waals surface area (Å²) < 4.78 is 23.7. The molecule has 0 aliphatic carbocycles. The predicted molar refractivity (Wildman–Crippen MR) is 66.1 cm³/mol. The SMILES string of the molecule is CC(C)COCCOCc1cc(F)ccc1N. The van der Waals surface area contributed by atoms with Gasteiger partial charge in [0.1, 0.15) is 5.82 Å². The molecule has 0 fully saturated rings. The molecule has 0 aromatic heterocycles. The van der Waals surface area contributed by atoms with Crippen LogP contribution in [0.1, 0.15) is 19.4 Å². The summed E-state index contributed by atoms with van der Waals surface area (Å²) >= 11 is 0. The molecule has 0 aliphatic rings. The number of hydrogen-bond acceptors (Lipinski definition) is 3. The van der Waals surface area contributed by atoms with Gasteiger partial charge >= 0.3 is 0 Å². The van der Waals surface area contributed by atoms with E-state index in [9.17, 15) is 4.39 Å². The standard InChI is InChI=1S/C13H20FNO2/c1-10(2)8-16-5-6-17-9-11-7-12(14)3-4-13(11)15/h3-4,7,10H,5-6,8-9,15H2,1-2H3. The highest BCUT2D eigenvalue weighted by molar-refractivity contribution is 5.46. The number of benzene rings is 1. The molecule has 1 aromatic rings. The number of anilines is 1. The van der Waals surface area contributed by atoms with Crippen LogP contribution in [0.15, 0.2) is 18.2 Å². The third kappa shape index (κ3) is 5.65. The highest BCUT2D eigenvalue weighted by Crippen LogP contribution is 2.14. The van der Waals surface area contributed by atoms with Crippen molar-refractivity contribution in [2.24, 2.45) is 5.92 Å². The minimum absolute atomic E-state index is 0.297. The van der Waals surface area contributed by atoms with Crippen molar-refractivity contribution >= 4 is 5.69 Å². The normalized spacial score (nSPS) is 11.1. The maximum atomic E-state index is 12.9. The Hall–Kier alpha value is -1.13. The van der Waals surface area contributed by atoms with Gasteiger partial charge in [0, 0.05) is 17.9 Å². The van der Waals surface area contributed by atoms with Crippen LogP contribution in [-0.4, -0.2) is 19.8 Å². The molecular formula is C13H20FNO2. The summed E-state index contributed by atoms with van der Waals surface area (Å²) in [5, 5.41) is 0. The van der Waals surface area contributed by atoms with Gasteiger partial charge in [-0.25, -0.2) is 4.39 Å². The molecule has 3 nitrogen and oxygen atoms in total. The molecular weight excluding hydrogens is 221 g/mol. The van der Waals surface area contributed by atoms with Crippen molar-refractivity contribution in [1.82, 2.24) is 0 Å². The van der Waals surface area contributed by atoms with E-state index in [2.05, 4.69) is 13.8 Å². The fraction of sp³-hybridized carbons (Fsp3) is 0.538. The molecule has 0 atom stereocenters. The molecule has 0 spiro atoms. The van der Waals surface area contributed by atoms with Crippen LogP contribution in [0.3, 0.4) is 0 Å². The minimum atomic E-state index is -0.297. The van der Waals surface area contributed by atoms with E-state index in [1.165, 1.54) is 12.1 Å². The second-order valence-electron chi connectivity index (χ2n) is 4.36. The van der Waals surface area contributed by atoms with Crippen molar-refractivity contribution in [1.29, 1.82) is 0 Å². The van der Waals surface area contributed by atoms with Gasteiger partial charge in [0.2, 0.25) is 0 Å². The molecule has 0 unspecified atom stereocenters. The lowest BCUT2D eigenvalue weighted by Gasteiger charge is -2.09. The van der Waals surface area contributed by atoms with Crippen molar-refractivity contribution in [3.63, 3.8) is 0 Å². The van der Waals surface area contributed by atoms with E-state index in [4.69, 9.17) is 15.2 Å². The smallest absolute Gasteiger partial charge is 0.123 e. The molecule has 0 aliphatic heterocycles. The Morgan fingerprint density at radius 1 is 1.24 bits per heavy atom. The van der Waals surface area contributed by atoms with E-state index in [1.54, 1.807) is 6.07 Å². The molecule has 0 saturated carbocycles. The molecule has 96 valence electrons. The third-order valence-electron chi connectivity index (χ3n) is 2.19. The minimum Gasteiger partial charge on any atom is -0.398 e. The molecule has 4 heteroatoms. The molecule has 0 heterocycles. The first-order chi connectivity index (χ1) is 8.09. The third-order valence-corrected chi connectivity index (χ3v) is 2.19. The highest BCUT2D eigenvalue weighted by Gasteiger charge is 2.01. The molecule has 0 amide bonds. The van der Waals surface area contributed by atoms with Gasteiger partial charge in [-0.15, -0.1) is 0 Å². The zero-order chi connectivity index (χ0) is 12.7. The molecule has 1 aromatic carbocycles. The fourth-order valence-electron chi connectivity index (χ4n) is 1.32. The Kier molecular flexibility index (Phi) is 5.94. The first-order valence-electron chi connectivity index (χ1n) is 5.79. The van der Waals surface area contributed by atoms with Gasteiger partial charge < -0.3 is 15.2 Å². The molecule has 17 heavy (non-hydrogen) atoms. The quantitative estimate of drug-likeness (QED) is 0.589. The molecule has 0 saturated heterocycles. The van der Waals surface area contributed by atoms with Crippen molar-refractivity contribution in [3.8, 4) is 0 Å². The van der Waals surface area contributed by atoms with E-state index >= 15 is 0 Å². The summed E-state index contributed by atoms with van der Waals surface area (Å²) in [5.41, 5.74) is 6.92. The Bertz CT molecular complexity index is 342. The van der Waals surface area contributed by atoms with Gasteiger partial charge in [-0.2, -0.15) is 0 Å². The monoisotopic (exact) mass is 241 g/mol. The van der Waals surface area contributed by atoms with Crippen LogP contribution in [0.4, 0.5) is 10.1 Å². The summed E-state index contributed by atoms with van der Waals surface area (Å²) in [7, 11) is 0. The summed E-state index contributed by atoms with van der Waals surface area (Å²) in [6.45, 7) is 6.26. The molecule has 1 rings (SSSR count). The maximum absolute atomic E-state index is 12.9. The number of nitrogen functional groups attached to an aromatic ring is 1. The Balaban J connectivity index is 2.20. The zero-order valence-corrected chi connectivity index (χ0v) is 10.4. The Labute approximate surface area is 102 Å². The summed E-state index contributed by atoms with van der Waals surface area (Å²) in [5.74, 6) is 0.225. The average Bonchev–Trinajstić information content (AvgIpc) is 2.27. The number of nitrogens with two attached hydrogens (primary N) is 1. The van der Waals surface area contributed by atoms with Gasteiger partial charge in [0.15, 0.2) is 0 Å². The van der Waals surface area contributed by atoms with Crippen molar-refractivity contribution in [3.05, 3.63) is 29.6 Å². The maximum Gasteiger partial charge on any atom is 0.123 e. The van der Waals surface area contributed by atoms with Gasteiger partial charge in [0.25, 0.3) is 0 Å². The number of ether oxygens (including phenoxy) is 2. The van der Waals surface area contributed by atoms with Gasteiger partial charge in [-0.05, 0) is 24.1 Å². The van der Waals surface area contributed by atoms with Crippen molar-refractivity contribution in [2.75, 3.05) is 25.6 Å². The van der Waals surface area contributed by atoms with E-state index in [0.29, 0.717) is 37.0 Å². The second kappa shape index (κ2) is 7.25. The lowest BCUT2D eigenvalue weighted by atomic mass is 10.2. The molecule has 2 N–H and O–H groups in total. The summed E-state index contributed by atoms with van der Waals surface area (Å²) in [6, 6.07) is 4.28. The van der Waals surface area contributed by atoms with E-state index in [-0.39, 0.29) is 5.82 Å². The van der Waals surface area contributed by atoms with Crippen LogP contribution in [0.2, 0.25) is 0 Å². The zero-order valence-electron chi connectivity index (χ0n) is 10.4. The van der Waals surface area contributed by atoms with Crippen LogP contribution in [-0.2, 0) is 16.1 Å². The number of hydrogen-bond donors (Lipinski definition) is 1. The predicted octanol–water partition coefficient (Wildman–Crippen LogP) is 2.60. The van der Waals surface area contributed by atoms with E-state index in [0.717, 1.165) is 6.61 Å². The van der Waals surface area contributed by atoms with Crippen LogP contribution in [0.25, 0.3) is 0 Å². The summed E-state index contributed by atoms with van der Waals surface area (Å²) in [6.07, 6.45) is 0. The lowest BCUT2D eigenvalue weighted by Crippen LogP contribution is -2.09. The summed E-state index contributed by atoms with van der Waals surface area (Å²) in [4.78, 5) is 0. The lowest BCUT2D eigenvalue weighted by molar-refractivity contribution is 0.0315. The van der Waals surface area contributed by atoms with Gasteiger partial charge in [-0.1, -0.05) is 13.8 Å². The van der Waals surface area contributed by atoms with Crippen LogP contribution < -0.4 is 5.73 Å². The number of halogens is 1. The number of rotatable bonds is 7. The van der Waals surface area contributed by atoms with Crippen molar-refractivity contribution in [2.45, 2.75) is 20.5 Å². The van der Waals surface area contributed by atoms with E-state index < -0.39 is 0 Å². The first-order valence-corrected chi connectivity index (χ1v) is 5.79. The highest BCUT2D eigenvalue weighted by atomic mass is 19.1. The van der Waals surface area contributed by atoms with Crippen molar-refractivity contribution < 1.29 is 13.9 Å². The average molecular weight is 241 g/mol. The fourth-order valence-corrected chi connectivity index (χ4v) is 1.32. The van der Waals surface area contributed by atoms with E-state index in [1.807, 2.05) is 0 Å². The molecule has 0 radical (unpaired) electrons. The molecule has 0 bridgehead atoms. The van der Waals surface area contributed by atoms with Crippen LogP contribution >= 0.6 is 0 Å². The Morgan fingerprint density at radius 3 is 2.65 bits per heavy atom. The largest absolute Gasteiger partial charge is 0.398 e. The Morgan fingerprint density at radius 2 is 1.94 bits per heavy atom. The topological polar surface area (TPSA) is 44.5 Å². The van der Waals surface area contributed by atoms with Gasteiger partial charge in [-0.3, -0.25) is 0 Å².